The van der Waals surface area contributed by atoms with Crippen LogP contribution in [0.1, 0.15) is 59.4 Å². The number of amides is 1. The number of piperazine rings is 1. The first-order chi connectivity index (χ1) is 18.7. The first kappa shape index (κ1) is 25.8. The lowest BCUT2D eigenvalue weighted by atomic mass is 9.76. The zero-order chi connectivity index (χ0) is 27.3. The van der Waals surface area contributed by atoms with Gasteiger partial charge in [-0.05, 0) is 55.9 Å². The standard InChI is InChI=1S/C28H32N6O4S/c1-39(37,38)33-14-12-32(13-15-33)28(36)24-11-8-21-23(30-24)10-9-22-26(21)31-34(27(22)18-4-2-3-5-18)20-7-6-19(17-29)25(35)16-20/h6-8,11,16,18,22,27,35H,2-5,9-10,12-15H2,1H3. The summed E-state index contributed by atoms with van der Waals surface area (Å²) in [5.41, 5.74) is 4.20. The maximum absolute atomic E-state index is 13.2. The minimum Gasteiger partial charge on any atom is -0.506 e. The molecule has 1 aromatic carbocycles. The number of phenols is 1. The minimum absolute atomic E-state index is 0.0437. The average Bonchev–Trinajstić information content (AvgIpc) is 3.60. The third kappa shape index (κ3) is 4.66. The van der Waals surface area contributed by atoms with Crippen molar-refractivity contribution in [1.29, 1.82) is 5.26 Å². The summed E-state index contributed by atoms with van der Waals surface area (Å²) in [6, 6.07) is 11.0. The average molecular weight is 549 g/mol. The molecule has 1 saturated heterocycles. The van der Waals surface area contributed by atoms with E-state index in [9.17, 15) is 23.6 Å². The Kier molecular flexibility index (Phi) is 6.55. The molecule has 10 nitrogen and oxygen atoms in total. The van der Waals surface area contributed by atoms with Crippen LogP contribution in [0.5, 0.6) is 5.75 Å². The molecule has 39 heavy (non-hydrogen) atoms. The van der Waals surface area contributed by atoms with E-state index in [0.717, 1.165) is 48.3 Å². The van der Waals surface area contributed by atoms with Crippen LogP contribution in [0.2, 0.25) is 0 Å². The van der Waals surface area contributed by atoms with E-state index in [1.165, 1.54) is 23.4 Å². The highest BCUT2D eigenvalue weighted by Crippen LogP contribution is 2.45. The summed E-state index contributed by atoms with van der Waals surface area (Å²) in [5.74, 6) is 0.499. The van der Waals surface area contributed by atoms with Gasteiger partial charge in [0.1, 0.15) is 17.5 Å². The molecule has 2 unspecified atom stereocenters. The number of fused-ring (bicyclic) bond motifs is 3. The molecule has 11 heteroatoms. The van der Waals surface area contributed by atoms with Crippen LogP contribution in [0, 0.1) is 23.2 Å². The molecule has 2 atom stereocenters. The largest absolute Gasteiger partial charge is 0.506 e. The van der Waals surface area contributed by atoms with Gasteiger partial charge in [-0.3, -0.25) is 9.80 Å². The first-order valence-electron chi connectivity index (χ1n) is 13.6. The number of aryl methyl sites for hydroxylation is 1. The second-order valence-electron chi connectivity index (χ2n) is 11.0. The van der Waals surface area contributed by atoms with Crippen LogP contribution in [0.25, 0.3) is 0 Å². The molecular formula is C28H32N6O4S. The molecule has 2 fully saturated rings. The van der Waals surface area contributed by atoms with Crippen molar-refractivity contribution in [3.05, 3.63) is 52.8 Å². The van der Waals surface area contributed by atoms with Crippen LogP contribution in [-0.2, 0) is 16.4 Å². The molecule has 0 bridgehead atoms. The zero-order valence-electron chi connectivity index (χ0n) is 22.0. The van der Waals surface area contributed by atoms with Crippen molar-refractivity contribution in [2.24, 2.45) is 16.9 Å². The minimum atomic E-state index is -3.27. The summed E-state index contributed by atoms with van der Waals surface area (Å²) < 4.78 is 25.0. The Labute approximate surface area is 228 Å². The first-order valence-corrected chi connectivity index (χ1v) is 15.4. The molecule has 2 aliphatic heterocycles. The number of carbonyl (C=O) groups is 1. The zero-order valence-corrected chi connectivity index (χ0v) is 22.8. The van der Waals surface area contributed by atoms with Crippen LogP contribution in [0.15, 0.2) is 35.4 Å². The number of pyridine rings is 1. The molecule has 1 saturated carbocycles. The number of aromatic nitrogens is 1. The van der Waals surface area contributed by atoms with Crippen molar-refractivity contribution in [3.63, 3.8) is 0 Å². The summed E-state index contributed by atoms with van der Waals surface area (Å²) >= 11 is 0. The quantitative estimate of drug-likeness (QED) is 0.622. The van der Waals surface area contributed by atoms with E-state index >= 15 is 0 Å². The number of phenolic OH excluding ortho intramolecular Hbond substituents is 1. The number of sulfonamides is 1. The van der Waals surface area contributed by atoms with Gasteiger partial charge in [-0.1, -0.05) is 12.8 Å². The van der Waals surface area contributed by atoms with Gasteiger partial charge in [-0.2, -0.15) is 14.7 Å². The number of hydrogen-bond donors (Lipinski definition) is 1. The maximum Gasteiger partial charge on any atom is 0.272 e. The normalized spacial score (nSPS) is 23.7. The van der Waals surface area contributed by atoms with Crippen LogP contribution in [0.3, 0.4) is 0 Å². The van der Waals surface area contributed by atoms with Gasteiger partial charge in [0.15, 0.2) is 0 Å². The van der Waals surface area contributed by atoms with Crippen molar-refractivity contribution in [1.82, 2.24) is 14.2 Å². The van der Waals surface area contributed by atoms with Crippen LogP contribution < -0.4 is 5.01 Å². The molecular weight excluding hydrogens is 516 g/mol. The number of nitrogens with zero attached hydrogens (tertiary/aromatic N) is 6. The number of carbonyl (C=O) groups excluding carboxylic acids is 1. The SMILES string of the molecule is CS(=O)(=O)N1CCN(C(=O)c2ccc3c(n2)CCC2C3=NN(c3ccc(C#N)c(O)c3)C2C2CCCC2)CC1. The van der Waals surface area contributed by atoms with E-state index in [1.54, 1.807) is 23.1 Å². The van der Waals surface area contributed by atoms with E-state index in [4.69, 9.17) is 10.1 Å². The molecule has 1 N–H and O–H groups in total. The van der Waals surface area contributed by atoms with E-state index < -0.39 is 10.0 Å². The third-order valence-corrected chi connectivity index (χ3v) is 9.97. The van der Waals surface area contributed by atoms with Gasteiger partial charge in [0.2, 0.25) is 10.0 Å². The number of anilines is 1. The van der Waals surface area contributed by atoms with Gasteiger partial charge in [-0.25, -0.2) is 13.4 Å². The lowest BCUT2D eigenvalue weighted by Crippen LogP contribution is -2.50. The van der Waals surface area contributed by atoms with Crippen LogP contribution in [-0.4, -0.2) is 77.8 Å². The van der Waals surface area contributed by atoms with Crippen LogP contribution >= 0.6 is 0 Å². The molecule has 2 aliphatic carbocycles. The summed E-state index contributed by atoms with van der Waals surface area (Å²) in [4.78, 5) is 19.7. The Hall–Kier alpha value is -3.49. The van der Waals surface area contributed by atoms with Crippen molar-refractivity contribution >= 4 is 27.3 Å². The fourth-order valence-electron chi connectivity index (χ4n) is 6.69. The second-order valence-corrected chi connectivity index (χ2v) is 13.0. The van der Waals surface area contributed by atoms with E-state index in [0.29, 0.717) is 24.7 Å². The van der Waals surface area contributed by atoms with Gasteiger partial charge in [0.25, 0.3) is 5.91 Å². The van der Waals surface area contributed by atoms with Crippen molar-refractivity contribution in [2.75, 3.05) is 37.4 Å². The van der Waals surface area contributed by atoms with Gasteiger partial charge >= 0.3 is 0 Å². The maximum atomic E-state index is 13.2. The summed E-state index contributed by atoms with van der Waals surface area (Å²) in [6.45, 7) is 1.26. The molecule has 1 aromatic heterocycles. The molecule has 0 spiro atoms. The summed E-state index contributed by atoms with van der Waals surface area (Å²) in [7, 11) is -3.27. The van der Waals surface area contributed by atoms with Crippen molar-refractivity contribution in [3.8, 4) is 11.8 Å². The Morgan fingerprint density at radius 3 is 2.49 bits per heavy atom. The number of benzene rings is 1. The van der Waals surface area contributed by atoms with Gasteiger partial charge in [0.05, 0.1) is 35.0 Å². The number of aromatic hydroxyl groups is 1. The fourth-order valence-corrected chi connectivity index (χ4v) is 7.51. The predicted molar refractivity (Wildman–Crippen MR) is 146 cm³/mol. The molecule has 0 radical (unpaired) electrons. The number of hydrogen-bond acceptors (Lipinski definition) is 8. The highest BCUT2D eigenvalue weighted by atomic mass is 32.2. The molecule has 6 rings (SSSR count). The van der Waals surface area contributed by atoms with Crippen molar-refractivity contribution in [2.45, 2.75) is 44.6 Å². The molecule has 4 aliphatic rings. The highest BCUT2D eigenvalue weighted by molar-refractivity contribution is 7.88. The van der Waals surface area contributed by atoms with E-state index in [1.807, 2.05) is 23.2 Å². The monoisotopic (exact) mass is 548 g/mol. The molecule has 1 amide bonds. The predicted octanol–water partition coefficient (Wildman–Crippen LogP) is 2.72. The number of hydrazone groups is 1. The Morgan fingerprint density at radius 2 is 1.82 bits per heavy atom. The molecule has 3 heterocycles. The van der Waals surface area contributed by atoms with Gasteiger partial charge in [-0.15, -0.1) is 0 Å². The smallest absolute Gasteiger partial charge is 0.272 e. The topological polar surface area (TPSA) is 130 Å². The van der Waals surface area contributed by atoms with E-state index in [2.05, 4.69) is 0 Å². The van der Waals surface area contributed by atoms with Gasteiger partial charge in [0, 0.05) is 43.7 Å². The lowest BCUT2D eigenvalue weighted by molar-refractivity contribution is 0.0692. The lowest BCUT2D eigenvalue weighted by Gasteiger charge is -2.34. The number of rotatable bonds is 4. The highest BCUT2D eigenvalue weighted by Gasteiger charge is 2.46. The van der Waals surface area contributed by atoms with Crippen LogP contribution in [0.4, 0.5) is 5.69 Å². The molecule has 2 aromatic rings. The fraction of sp³-hybridized carbons (Fsp3) is 0.500. The Bertz CT molecular complexity index is 1490. The summed E-state index contributed by atoms with van der Waals surface area (Å²) in [5, 5.41) is 26.8. The number of nitriles is 1. The Morgan fingerprint density at radius 1 is 1.08 bits per heavy atom. The van der Waals surface area contributed by atoms with Gasteiger partial charge < -0.3 is 10.0 Å². The Balaban J connectivity index is 1.28. The molecule has 204 valence electrons. The summed E-state index contributed by atoms with van der Waals surface area (Å²) in [6.07, 6.45) is 7.52. The third-order valence-electron chi connectivity index (χ3n) is 8.67. The van der Waals surface area contributed by atoms with E-state index in [-0.39, 0.29) is 42.3 Å². The van der Waals surface area contributed by atoms with Crippen molar-refractivity contribution < 1.29 is 18.3 Å². The second kappa shape index (κ2) is 9.92.